The maximum absolute atomic E-state index is 11.1. The predicted molar refractivity (Wildman–Crippen MR) is 132 cm³/mol. The Hall–Kier alpha value is -3.10. The minimum atomic E-state index is -0.0721. The number of aromatic nitrogens is 3. The van der Waals surface area contributed by atoms with E-state index in [1.54, 1.807) is 4.52 Å². The van der Waals surface area contributed by atoms with Crippen molar-refractivity contribution in [2.75, 3.05) is 37.7 Å². The predicted octanol–water partition coefficient (Wildman–Crippen LogP) is 4.37. The maximum atomic E-state index is 11.1. The molecule has 3 heterocycles. The van der Waals surface area contributed by atoms with Gasteiger partial charge in [0.1, 0.15) is 5.75 Å². The Kier molecular flexibility index (Phi) is 6.20. The molecule has 4 aromatic rings. The molecule has 0 saturated carbocycles. The first-order valence-corrected chi connectivity index (χ1v) is 12.3. The van der Waals surface area contributed by atoms with Crippen molar-refractivity contribution in [3.63, 3.8) is 0 Å². The first kappa shape index (κ1) is 21.7. The highest BCUT2D eigenvalue weighted by atomic mass is 32.1. The molecule has 172 valence electrons. The number of ether oxygens (including phenoxy) is 1. The zero-order valence-electron chi connectivity index (χ0n) is 19.0. The molecule has 33 heavy (non-hydrogen) atoms. The molecule has 0 amide bonds. The van der Waals surface area contributed by atoms with Crippen LogP contribution < -0.4 is 9.64 Å². The first-order valence-electron chi connectivity index (χ1n) is 11.5. The average molecular weight is 464 g/mol. The van der Waals surface area contributed by atoms with Gasteiger partial charge in [-0.1, -0.05) is 48.6 Å². The van der Waals surface area contributed by atoms with Gasteiger partial charge in [0, 0.05) is 38.3 Å². The van der Waals surface area contributed by atoms with Crippen molar-refractivity contribution in [3.05, 3.63) is 70.9 Å². The van der Waals surface area contributed by atoms with Crippen LogP contribution in [0.4, 0.5) is 5.69 Å². The summed E-state index contributed by atoms with van der Waals surface area (Å²) in [7, 11) is 0. The van der Waals surface area contributed by atoms with Crippen LogP contribution in [-0.2, 0) is 6.42 Å². The van der Waals surface area contributed by atoms with Crippen LogP contribution in [0.25, 0.3) is 4.96 Å². The number of fused-ring (bicyclic) bond motifs is 1. The third-order valence-electron chi connectivity index (χ3n) is 6.12. The molecule has 0 radical (unpaired) electrons. The van der Waals surface area contributed by atoms with Crippen molar-refractivity contribution < 1.29 is 9.84 Å². The second kappa shape index (κ2) is 9.41. The number of hydrogen-bond donors (Lipinski definition) is 1. The van der Waals surface area contributed by atoms with Gasteiger partial charge >= 0.3 is 0 Å². The van der Waals surface area contributed by atoms with Gasteiger partial charge in [0.25, 0.3) is 0 Å². The third-order valence-corrected chi connectivity index (χ3v) is 7.19. The van der Waals surface area contributed by atoms with Gasteiger partial charge in [-0.05, 0) is 36.8 Å². The molecule has 1 N–H and O–H groups in total. The third kappa shape index (κ3) is 4.28. The Morgan fingerprint density at radius 3 is 2.36 bits per heavy atom. The topological polar surface area (TPSA) is 66.1 Å². The lowest BCUT2D eigenvalue weighted by Gasteiger charge is -2.40. The molecule has 8 heteroatoms. The minimum Gasteiger partial charge on any atom is -0.494 e. The summed E-state index contributed by atoms with van der Waals surface area (Å²) in [5.41, 5.74) is 2.38. The number of piperazine rings is 1. The number of nitrogens with zero attached hydrogens (tertiary/aromatic N) is 5. The summed E-state index contributed by atoms with van der Waals surface area (Å²) in [6.45, 7) is 8.28. The van der Waals surface area contributed by atoms with E-state index in [1.807, 2.05) is 26.0 Å². The average Bonchev–Trinajstić information content (AvgIpc) is 3.40. The minimum absolute atomic E-state index is 0.0721. The number of hydrogen-bond acceptors (Lipinski definition) is 7. The summed E-state index contributed by atoms with van der Waals surface area (Å²) >= 11 is 1.52. The van der Waals surface area contributed by atoms with Crippen molar-refractivity contribution in [1.82, 2.24) is 19.5 Å². The van der Waals surface area contributed by atoms with Crippen molar-refractivity contribution in [1.29, 1.82) is 0 Å². The molecule has 0 aliphatic carbocycles. The fourth-order valence-electron chi connectivity index (χ4n) is 4.44. The first-order chi connectivity index (χ1) is 16.2. The van der Waals surface area contributed by atoms with Crippen LogP contribution in [0.15, 0.2) is 54.6 Å². The molecule has 1 unspecified atom stereocenters. The van der Waals surface area contributed by atoms with Gasteiger partial charge in [-0.3, -0.25) is 4.90 Å². The Morgan fingerprint density at radius 1 is 1.00 bits per heavy atom. The van der Waals surface area contributed by atoms with E-state index in [1.165, 1.54) is 17.0 Å². The molecule has 7 nitrogen and oxygen atoms in total. The van der Waals surface area contributed by atoms with Crippen LogP contribution in [0, 0.1) is 0 Å². The molecular formula is C25H29N5O2S. The van der Waals surface area contributed by atoms with Gasteiger partial charge in [-0.15, -0.1) is 5.10 Å². The summed E-state index contributed by atoms with van der Waals surface area (Å²) < 4.78 is 7.23. The molecular weight excluding hydrogens is 434 g/mol. The summed E-state index contributed by atoms with van der Waals surface area (Å²) in [5.74, 6) is 1.79. The van der Waals surface area contributed by atoms with Crippen molar-refractivity contribution >= 4 is 22.0 Å². The fraction of sp³-hybridized carbons (Fsp3) is 0.360. The second-order valence-corrected chi connectivity index (χ2v) is 9.14. The number of benzene rings is 2. The molecule has 5 rings (SSSR count). The lowest BCUT2D eigenvalue weighted by atomic mass is 10.0. The van der Waals surface area contributed by atoms with Gasteiger partial charge < -0.3 is 14.7 Å². The second-order valence-electron chi connectivity index (χ2n) is 8.13. The highest BCUT2D eigenvalue weighted by molar-refractivity contribution is 7.17. The van der Waals surface area contributed by atoms with Gasteiger partial charge in [0.05, 0.1) is 17.5 Å². The maximum Gasteiger partial charge on any atom is 0.230 e. The van der Waals surface area contributed by atoms with Crippen molar-refractivity contribution in [2.24, 2.45) is 0 Å². The standard InChI is InChI=1S/C25H29N5O2S/c1-3-21-26-25-30(27-21)24(31)23(33-25)22(18-10-12-20(13-11-18)32-4-2)29-16-14-28(15-17-29)19-8-6-5-7-9-19/h5-13,22,31H,3-4,14-17H2,1-2H3. The number of para-hydroxylation sites is 1. The van der Waals surface area contributed by atoms with Crippen LogP contribution in [0.3, 0.4) is 0 Å². The highest BCUT2D eigenvalue weighted by Crippen LogP contribution is 2.40. The van der Waals surface area contributed by atoms with Crippen molar-refractivity contribution in [2.45, 2.75) is 26.3 Å². The number of anilines is 1. The SMILES string of the molecule is CCOc1ccc(C(c2sc3nc(CC)nn3c2O)N2CCN(c3ccccc3)CC2)cc1. The van der Waals surface area contributed by atoms with Crippen molar-refractivity contribution in [3.8, 4) is 11.6 Å². The van der Waals surface area contributed by atoms with Gasteiger partial charge in [-0.25, -0.2) is 4.98 Å². The van der Waals surface area contributed by atoms with E-state index < -0.39 is 0 Å². The van der Waals surface area contributed by atoms with Crippen LogP contribution in [0.5, 0.6) is 11.6 Å². The molecule has 1 aliphatic heterocycles. The number of thiazole rings is 1. The largest absolute Gasteiger partial charge is 0.494 e. The summed E-state index contributed by atoms with van der Waals surface area (Å²) in [5, 5.41) is 15.6. The number of rotatable bonds is 7. The summed E-state index contributed by atoms with van der Waals surface area (Å²) in [4.78, 5) is 11.1. The van der Waals surface area contributed by atoms with Gasteiger partial charge in [0.2, 0.25) is 10.8 Å². The van der Waals surface area contributed by atoms with E-state index in [2.05, 4.69) is 62.3 Å². The Balaban J connectivity index is 1.47. The van der Waals surface area contributed by atoms with E-state index in [0.29, 0.717) is 6.61 Å². The lowest BCUT2D eigenvalue weighted by molar-refractivity contribution is 0.211. The summed E-state index contributed by atoms with van der Waals surface area (Å²) in [6, 6.07) is 18.7. The molecule has 0 bridgehead atoms. The van der Waals surface area contributed by atoms with Crippen LogP contribution in [0.1, 0.15) is 36.2 Å². The highest BCUT2D eigenvalue weighted by Gasteiger charge is 2.31. The van der Waals surface area contributed by atoms with E-state index in [0.717, 1.165) is 59.6 Å². The van der Waals surface area contributed by atoms with E-state index in [-0.39, 0.29) is 11.9 Å². The van der Waals surface area contributed by atoms with Gasteiger partial charge in [-0.2, -0.15) is 4.52 Å². The Morgan fingerprint density at radius 2 is 1.73 bits per heavy atom. The van der Waals surface area contributed by atoms with Gasteiger partial charge in [0.15, 0.2) is 5.82 Å². The molecule has 1 atom stereocenters. The normalized spacial score (nSPS) is 15.8. The van der Waals surface area contributed by atoms with E-state index in [9.17, 15) is 5.11 Å². The molecule has 1 saturated heterocycles. The molecule has 1 fully saturated rings. The van der Waals surface area contributed by atoms with Crippen LogP contribution >= 0.6 is 11.3 Å². The lowest BCUT2D eigenvalue weighted by Crippen LogP contribution is -2.47. The smallest absolute Gasteiger partial charge is 0.230 e. The van der Waals surface area contributed by atoms with Crippen LogP contribution in [-0.4, -0.2) is 57.4 Å². The van der Waals surface area contributed by atoms with E-state index >= 15 is 0 Å². The number of aryl methyl sites for hydroxylation is 1. The Labute approximate surface area is 197 Å². The Bertz CT molecular complexity index is 1200. The summed E-state index contributed by atoms with van der Waals surface area (Å²) in [6.07, 6.45) is 0.743. The molecule has 2 aromatic carbocycles. The number of aromatic hydroxyl groups is 1. The quantitative estimate of drug-likeness (QED) is 0.439. The fourth-order valence-corrected chi connectivity index (χ4v) is 5.57. The monoisotopic (exact) mass is 463 g/mol. The zero-order chi connectivity index (χ0) is 22.8. The molecule has 0 spiro atoms. The van der Waals surface area contributed by atoms with E-state index in [4.69, 9.17) is 4.74 Å². The zero-order valence-corrected chi connectivity index (χ0v) is 19.8. The van der Waals surface area contributed by atoms with Crippen LogP contribution in [0.2, 0.25) is 0 Å². The molecule has 2 aromatic heterocycles. The molecule has 1 aliphatic rings.